The average molecular weight is 368 g/mol. The number of carboxylic acids is 3. The Hall–Kier alpha value is -4.07. The number of anilines is 2. The van der Waals surface area contributed by atoms with Crippen LogP contribution in [0.25, 0.3) is 10.8 Å². The molecule has 138 valence electrons. The van der Waals surface area contributed by atoms with Crippen LogP contribution in [0.2, 0.25) is 0 Å². The zero-order valence-corrected chi connectivity index (χ0v) is 13.9. The predicted octanol–water partition coefficient (Wildman–Crippen LogP) is 2.79. The largest absolute Gasteiger partial charge is 0.478 e. The average Bonchev–Trinajstić information content (AvgIpc) is 2.60. The first-order valence-electron chi connectivity index (χ1n) is 7.59. The highest BCUT2D eigenvalue weighted by Crippen LogP contribution is 2.21. The van der Waals surface area contributed by atoms with Gasteiger partial charge in [-0.1, -0.05) is 30.3 Å². The number of hydrogen-bond donors (Lipinski definition) is 5. The van der Waals surface area contributed by atoms with E-state index in [0.717, 1.165) is 10.8 Å². The van der Waals surface area contributed by atoms with E-state index >= 15 is 0 Å². The van der Waals surface area contributed by atoms with Gasteiger partial charge < -0.3 is 26.8 Å². The molecule has 0 aliphatic heterocycles. The van der Waals surface area contributed by atoms with E-state index in [1.165, 1.54) is 18.2 Å². The number of fused-ring (bicyclic) bond motifs is 1. The normalized spacial score (nSPS) is 9.93. The van der Waals surface area contributed by atoms with Crippen molar-refractivity contribution >= 4 is 40.1 Å². The van der Waals surface area contributed by atoms with Gasteiger partial charge in [-0.3, -0.25) is 0 Å². The van der Waals surface area contributed by atoms with Gasteiger partial charge in [0.05, 0.1) is 16.7 Å². The summed E-state index contributed by atoms with van der Waals surface area (Å²) in [4.78, 5) is 31.9. The van der Waals surface area contributed by atoms with Crippen molar-refractivity contribution in [2.45, 2.75) is 0 Å². The Morgan fingerprint density at radius 2 is 1.19 bits per heavy atom. The van der Waals surface area contributed by atoms with Crippen LogP contribution in [0.15, 0.2) is 54.6 Å². The molecule has 0 aromatic heterocycles. The van der Waals surface area contributed by atoms with Crippen molar-refractivity contribution in [3.63, 3.8) is 0 Å². The Morgan fingerprint density at radius 1 is 0.630 bits per heavy atom. The molecule has 0 unspecified atom stereocenters. The van der Waals surface area contributed by atoms with Crippen molar-refractivity contribution in [1.82, 2.24) is 0 Å². The third-order valence-corrected chi connectivity index (χ3v) is 3.69. The highest BCUT2D eigenvalue weighted by atomic mass is 16.4. The summed E-state index contributed by atoms with van der Waals surface area (Å²) in [6.45, 7) is 0. The Labute approximate surface area is 153 Å². The first-order chi connectivity index (χ1) is 12.7. The summed E-state index contributed by atoms with van der Waals surface area (Å²) in [6, 6.07) is 14.7. The molecule has 8 nitrogen and oxygen atoms in total. The number of rotatable bonds is 3. The van der Waals surface area contributed by atoms with Crippen LogP contribution in [0.1, 0.15) is 31.1 Å². The molecule has 3 aromatic rings. The highest BCUT2D eigenvalue weighted by Gasteiger charge is 2.17. The predicted molar refractivity (Wildman–Crippen MR) is 100 cm³/mol. The minimum Gasteiger partial charge on any atom is -0.478 e. The maximum Gasteiger partial charge on any atom is 0.338 e. The molecule has 3 aromatic carbocycles. The van der Waals surface area contributed by atoms with Crippen molar-refractivity contribution in [2.24, 2.45) is 0 Å². The van der Waals surface area contributed by atoms with Crippen molar-refractivity contribution in [2.75, 3.05) is 11.5 Å². The molecule has 0 saturated heterocycles. The van der Waals surface area contributed by atoms with E-state index in [9.17, 15) is 14.4 Å². The molecular formula is C19H16N2O6. The first kappa shape index (κ1) is 19.3. The van der Waals surface area contributed by atoms with Gasteiger partial charge >= 0.3 is 17.9 Å². The lowest BCUT2D eigenvalue weighted by atomic mass is 10.1. The summed E-state index contributed by atoms with van der Waals surface area (Å²) in [5.74, 6) is -3.63. The molecule has 7 N–H and O–H groups in total. The van der Waals surface area contributed by atoms with Crippen LogP contribution < -0.4 is 11.5 Å². The number of carbonyl (C=O) groups is 3. The van der Waals surface area contributed by atoms with Crippen LogP contribution in [-0.4, -0.2) is 33.2 Å². The Morgan fingerprint density at radius 3 is 1.67 bits per heavy atom. The van der Waals surface area contributed by atoms with E-state index in [1.54, 1.807) is 12.1 Å². The van der Waals surface area contributed by atoms with E-state index in [1.807, 2.05) is 24.3 Å². The molecule has 0 spiro atoms. The fraction of sp³-hybridized carbons (Fsp3) is 0. The number of hydrogen-bond acceptors (Lipinski definition) is 5. The molecule has 0 saturated carbocycles. The van der Waals surface area contributed by atoms with Gasteiger partial charge in [0.1, 0.15) is 0 Å². The summed E-state index contributed by atoms with van der Waals surface area (Å²) < 4.78 is 0. The molecule has 0 heterocycles. The molecule has 0 bridgehead atoms. The third kappa shape index (κ3) is 4.31. The molecule has 3 rings (SSSR count). The summed E-state index contributed by atoms with van der Waals surface area (Å²) in [7, 11) is 0. The maximum absolute atomic E-state index is 10.8. The monoisotopic (exact) mass is 368 g/mol. The maximum atomic E-state index is 10.8. The zero-order chi connectivity index (χ0) is 20.1. The van der Waals surface area contributed by atoms with E-state index in [2.05, 4.69) is 0 Å². The fourth-order valence-electron chi connectivity index (χ4n) is 2.43. The lowest BCUT2D eigenvalue weighted by molar-refractivity contribution is 0.0652. The number of aromatic carboxylic acids is 3. The number of nitrogens with two attached hydrogens (primary N) is 2. The van der Waals surface area contributed by atoms with Gasteiger partial charge in [-0.05, 0) is 35.0 Å². The van der Waals surface area contributed by atoms with Crippen molar-refractivity contribution < 1.29 is 29.7 Å². The van der Waals surface area contributed by atoms with Gasteiger partial charge in [0, 0.05) is 11.4 Å². The van der Waals surface area contributed by atoms with Gasteiger partial charge in [-0.15, -0.1) is 0 Å². The second kappa shape index (κ2) is 7.87. The van der Waals surface area contributed by atoms with Gasteiger partial charge in [0.2, 0.25) is 0 Å². The van der Waals surface area contributed by atoms with Crippen molar-refractivity contribution in [3.05, 3.63) is 71.3 Å². The van der Waals surface area contributed by atoms with E-state index in [0.29, 0.717) is 5.69 Å². The van der Waals surface area contributed by atoms with Gasteiger partial charge in [0.25, 0.3) is 0 Å². The van der Waals surface area contributed by atoms with E-state index < -0.39 is 17.9 Å². The van der Waals surface area contributed by atoms with Crippen molar-refractivity contribution in [3.8, 4) is 0 Å². The molecule has 0 amide bonds. The second-order valence-corrected chi connectivity index (χ2v) is 5.47. The van der Waals surface area contributed by atoms with Crippen LogP contribution in [0.3, 0.4) is 0 Å². The summed E-state index contributed by atoms with van der Waals surface area (Å²) in [5, 5.41) is 28.0. The lowest BCUT2D eigenvalue weighted by Crippen LogP contribution is -2.10. The summed E-state index contributed by atoms with van der Waals surface area (Å²) in [6.07, 6.45) is 0. The Kier molecular flexibility index (Phi) is 5.62. The Balaban J connectivity index is 0.000000194. The highest BCUT2D eigenvalue weighted by molar-refractivity contribution is 6.05. The Bertz CT molecular complexity index is 1050. The molecule has 0 radical (unpaired) electrons. The lowest BCUT2D eigenvalue weighted by Gasteiger charge is -2.03. The van der Waals surface area contributed by atoms with Crippen LogP contribution in [0.4, 0.5) is 11.4 Å². The summed E-state index contributed by atoms with van der Waals surface area (Å²) >= 11 is 0. The fourth-order valence-corrected chi connectivity index (χ4v) is 2.43. The van der Waals surface area contributed by atoms with Crippen molar-refractivity contribution in [1.29, 1.82) is 0 Å². The van der Waals surface area contributed by atoms with E-state index in [-0.39, 0.29) is 22.4 Å². The topological polar surface area (TPSA) is 164 Å². The summed E-state index contributed by atoms with van der Waals surface area (Å²) in [5.41, 5.74) is 10.7. The molecule has 0 fully saturated rings. The number of benzene rings is 3. The quantitative estimate of drug-likeness (QED) is 0.440. The smallest absolute Gasteiger partial charge is 0.338 e. The number of nitrogen functional groups attached to an aromatic ring is 2. The molecule has 0 aliphatic rings. The molecule has 0 atom stereocenters. The first-order valence-corrected chi connectivity index (χ1v) is 7.59. The van der Waals surface area contributed by atoms with Gasteiger partial charge in [-0.2, -0.15) is 0 Å². The van der Waals surface area contributed by atoms with Crippen LogP contribution in [0.5, 0.6) is 0 Å². The van der Waals surface area contributed by atoms with Gasteiger partial charge in [0.15, 0.2) is 0 Å². The minimum absolute atomic E-state index is 0.0487. The third-order valence-electron chi connectivity index (χ3n) is 3.69. The standard InChI is InChI=1S/C11H9NO2.C8H7NO4/c12-10-6-8-4-2-1-3-7(8)5-9(10)11(13)14;9-5-3-1-2-4(7(10)11)6(5)8(12)13/h1-6H,12H2,(H,13,14);1-3H,9H2,(H,10,11)(H,12,13). The van der Waals surface area contributed by atoms with E-state index in [4.69, 9.17) is 26.8 Å². The van der Waals surface area contributed by atoms with Crippen LogP contribution >= 0.6 is 0 Å². The van der Waals surface area contributed by atoms with Crippen LogP contribution in [0, 0.1) is 0 Å². The second-order valence-electron chi connectivity index (χ2n) is 5.47. The SMILES string of the molecule is Nc1cc2ccccc2cc1C(=O)O.Nc1cccc(C(=O)O)c1C(=O)O. The molecular weight excluding hydrogens is 352 g/mol. The minimum atomic E-state index is -1.34. The van der Waals surface area contributed by atoms with Crippen LogP contribution in [-0.2, 0) is 0 Å². The van der Waals surface area contributed by atoms with Gasteiger partial charge in [-0.25, -0.2) is 14.4 Å². The molecule has 8 heteroatoms. The zero-order valence-electron chi connectivity index (χ0n) is 13.9. The molecule has 27 heavy (non-hydrogen) atoms. The number of carboxylic acid groups (broad SMARTS) is 3. The molecule has 0 aliphatic carbocycles.